The molecule has 0 fully saturated rings. The van der Waals surface area contributed by atoms with Crippen molar-refractivity contribution in [2.45, 2.75) is 19.2 Å². The molecule has 6 nitrogen and oxygen atoms in total. The van der Waals surface area contributed by atoms with Crippen LogP contribution in [0.1, 0.15) is 12.5 Å². The Kier molecular flexibility index (Phi) is 8.09. The second-order valence-electron chi connectivity index (χ2n) is 6.57. The Morgan fingerprint density at radius 3 is 2.57 bits per heavy atom. The van der Waals surface area contributed by atoms with Crippen LogP contribution in [0, 0.1) is 0 Å². The molecule has 0 aliphatic rings. The lowest BCUT2D eigenvalue weighted by molar-refractivity contribution is -0.118. The van der Waals surface area contributed by atoms with Crippen molar-refractivity contribution >= 4 is 17.7 Å². The fourth-order valence-corrected chi connectivity index (χ4v) is 3.66. The highest BCUT2D eigenvalue weighted by Gasteiger charge is 2.06. The van der Waals surface area contributed by atoms with Crippen molar-refractivity contribution in [1.29, 1.82) is 0 Å². The summed E-state index contributed by atoms with van der Waals surface area (Å²) in [5.41, 5.74) is 2.59. The number of thioether (sulfide) groups is 1. The van der Waals surface area contributed by atoms with Gasteiger partial charge in [0.2, 0.25) is 5.91 Å². The molecule has 0 saturated carbocycles. The van der Waals surface area contributed by atoms with Gasteiger partial charge in [-0.1, -0.05) is 30.3 Å². The SMILES string of the molecule is CCOc1ccc(-c2ccc(=O)n(CCNC(=O)CSCc3ccccc3)n2)cc1. The average Bonchev–Trinajstić information content (AvgIpc) is 2.77. The maximum atomic E-state index is 12.1. The van der Waals surface area contributed by atoms with Crippen molar-refractivity contribution in [2.75, 3.05) is 18.9 Å². The molecule has 2 aromatic carbocycles. The van der Waals surface area contributed by atoms with Gasteiger partial charge in [0.15, 0.2) is 0 Å². The van der Waals surface area contributed by atoms with Gasteiger partial charge in [-0.2, -0.15) is 5.10 Å². The predicted octanol–water partition coefficient (Wildman–Crippen LogP) is 3.36. The third-order valence-corrected chi connectivity index (χ3v) is 5.32. The van der Waals surface area contributed by atoms with Crippen molar-refractivity contribution in [3.8, 4) is 17.0 Å². The minimum atomic E-state index is -0.197. The third kappa shape index (κ3) is 6.49. The molecule has 0 bridgehead atoms. The van der Waals surface area contributed by atoms with Gasteiger partial charge in [0, 0.05) is 23.9 Å². The number of amides is 1. The Hall–Kier alpha value is -3.06. The van der Waals surface area contributed by atoms with Crippen LogP contribution < -0.4 is 15.6 Å². The highest BCUT2D eigenvalue weighted by Crippen LogP contribution is 2.19. The zero-order chi connectivity index (χ0) is 21.2. The summed E-state index contributed by atoms with van der Waals surface area (Å²) in [6, 6.07) is 20.8. The molecule has 0 spiro atoms. The predicted molar refractivity (Wildman–Crippen MR) is 121 cm³/mol. The van der Waals surface area contributed by atoms with Gasteiger partial charge in [0.05, 0.1) is 24.6 Å². The monoisotopic (exact) mass is 423 g/mol. The number of ether oxygens (including phenoxy) is 1. The molecule has 0 atom stereocenters. The van der Waals surface area contributed by atoms with E-state index in [-0.39, 0.29) is 11.5 Å². The molecule has 1 aromatic heterocycles. The summed E-state index contributed by atoms with van der Waals surface area (Å²) >= 11 is 1.56. The van der Waals surface area contributed by atoms with Crippen molar-refractivity contribution in [1.82, 2.24) is 15.1 Å². The molecule has 0 unspecified atom stereocenters. The largest absolute Gasteiger partial charge is 0.494 e. The molecule has 0 aliphatic heterocycles. The van der Waals surface area contributed by atoms with Crippen LogP contribution in [0.15, 0.2) is 71.5 Å². The molecule has 0 saturated heterocycles. The van der Waals surface area contributed by atoms with Crippen molar-refractivity contribution in [3.05, 3.63) is 82.6 Å². The standard InChI is InChI=1S/C23H25N3O3S/c1-2-29-20-10-8-19(9-11-20)21-12-13-23(28)26(25-21)15-14-24-22(27)17-30-16-18-6-4-3-5-7-18/h3-13H,2,14-17H2,1H3,(H,24,27). The normalized spacial score (nSPS) is 10.6. The van der Waals surface area contributed by atoms with E-state index in [9.17, 15) is 9.59 Å². The summed E-state index contributed by atoms with van der Waals surface area (Å²) in [4.78, 5) is 24.1. The number of aromatic nitrogens is 2. The van der Waals surface area contributed by atoms with Crippen molar-refractivity contribution < 1.29 is 9.53 Å². The molecule has 30 heavy (non-hydrogen) atoms. The summed E-state index contributed by atoms with van der Waals surface area (Å²) in [5.74, 6) is 1.91. The maximum absolute atomic E-state index is 12.1. The molecule has 1 N–H and O–H groups in total. The summed E-state index contributed by atoms with van der Waals surface area (Å²) < 4.78 is 6.83. The Morgan fingerprint density at radius 2 is 1.83 bits per heavy atom. The van der Waals surface area contributed by atoms with Gasteiger partial charge in [-0.25, -0.2) is 4.68 Å². The van der Waals surface area contributed by atoms with Gasteiger partial charge >= 0.3 is 0 Å². The number of nitrogens with zero attached hydrogens (tertiary/aromatic N) is 2. The van der Waals surface area contributed by atoms with Crippen LogP contribution in [0.3, 0.4) is 0 Å². The molecular weight excluding hydrogens is 398 g/mol. The number of rotatable bonds is 10. The molecular formula is C23H25N3O3S. The number of nitrogens with one attached hydrogen (secondary N) is 1. The van der Waals surface area contributed by atoms with Crippen LogP contribution in [0.5, 0.6) is 5.75 Å². The van der Waals surface area contributed by atoms with Crippen LogP contribution in [-0.2, 0) is 17.1 Å². The quantitative estimate of drug-likeness (QED) is 0.541. The van der Waals surface area contributed by atoms with E-state index in [2.05, 4.69) is 10.4 Å². The first-order valence-corrected chi connectivity index (χ1v) is 11.0. The summed E-state index contributed by atoms with van der Waals surface area (Å²) in [7, 11) is 0. The number of hydrogen-bond donors (Lipinski definition) is 1. The summed E-state index contributed by atoms with van der Waals surface area (Å²) in [6.45, 7) is 3.22. The Morgan fingerprint density at radius 1 is 1.07 bits per heavy atom. The van der Waals surface area contributed by atoms with Gasteiger partial charge in [-0.05, 0) is 42.8 Å². The summed E-state index contributed by atoms with van der Waals surface area (Å²) in [6.07, 6.45) is 0. The van der Waals surface area contributed by atoms with Crippen LogP contribution in [0.25, 0.3) is 11.3 Å². The van der Waals surface area contributed by atoms with E-state index < -0.39 is 0 Å². The lowest BCUT2D eigenvalue weighted by Gasteiger charge is -2.09. The molecule has 0 radical (unpaired) electrons. The van der Waals surface area contributed by atoms with Gasteiger partial charge in [-0.15, -0.1) is 11.8 Å². The summed E-state index contributed by atoms with van der Waals surface area (Å²) in [5, 5.41) is 7.27. The second-order valence-corrected chi connectivity index (χ2v) is 7.55. The first-order valence-electron chi connectivity index (χ1n) is 9.85. The number of carbonyl (C=O) groups excluding carboxylic acids is 1. The Balaban J connectivity index is 1.49. The minimum absolute atomic E-state index is 0.0494. The maximum Gasteiger partial charge on any atom is 0.266 e. The third-order valence-electron chi connectivity index (χ3n) is 4.32. The van der Waals surface area contributed by atoms with E-state index in [1.54, 1.807) is 17.8 Å². The lowest BCUT2D eigenvalue weighted by atomic mass is 10.1. The Bertz CT molecular complexity index is 1000. The number of carbonyl (C=O) groups is 1. The van der Waals surface area contributed by atoms with Crippen LogP contribution in [0.2, 0.25) is 0 Å². The van der Waals surface area contributed by atoms with E-state index in [1.807, 2.05) is 61.5 Å². The Labute approximate surface area is 180 Å². The van der Waals surface area contributed by atoms with E-state index >= 15 is 0 Å². The average molecular weight is 424 g/mol. The van der Waals surface area contributed by atoms with Gasteiger partial charge in [-0.3, -0.25) is 9.59 Å². The molecule has 0 aliphatic carbocycles. The first kappa shape index (κ1) is 21.6. The van der Waals surface area contributed by atoms with E-state index in [1.165, 1.54) is 16.3 Å². The zero-order valence-electron chi connectivity index (χ0n) is 16.9. The highest BCUT2D eigenvalue weighted by atomic mass is 32.2. The lowest BCUT2D eigenvalue weighted by Crippen LogP contribution is -2.32. The van der Waals surface area contributed by atoms with Gasteiger partial charge < -0.3 is 10.1 Å². The fourth-order valence-electron chi connectivity index (χ4n) is 2.84. The van der Waals surface area contributed by atoms with E-state index in [0.717, 1.165) is 17.1 Å². The molecule has 1 amide bonds. The molecule has 1 heterocycles. The molecule has 156 valence electrons. The number of benzene rings is 2. The molecule has 3 rings (SSSR count). The topological polar surface area (TPSA) is 73.2 Å². The fraction of sp³-hybridized carbons (Fsp3) is 0.261. The number of hydrogen-bond acceptors (Lipinski definition) is 5. The first-order chi connectivity index (χ1) is 14.7. The van der Waals surface area contributed by atoms with E-state index in [0.29, 0.717) is 31.1 Å². The van der Waals surface area contributed by atoms with Crippen molar-refractivity contribution in [3.63, 3.8) is 0 Å². The highest BCUT2D eigenvalue weighted by molar-refractivity contribution is 7.99. The van der Waals surface area contributed by atoms with Crippen LogP contribution in [0.4, 0.5) is 0 Å². The second kappa shape index (κ2) is 11.2. The van der Waals surface area contributed by atoms with Gasteiger partial charge in [0.25, 0.3) is 5.56 Å². The van der Waals surface area contributed by atoms with Crippen molar-refractivity contribution in [2.24, 2.45) is 0 Å². The minimum Gasteiger partial charge on any atom is -0.494 e. The van der Waals surface area contributed by atoms with Crippen LogP contribution in [-0.4, -0.2) is 34.6 Å². The van der Waals surface area contributed by atoms with E-state index in [4.69, 9.17) is 4.74 Å². The molecule has 3 aromatic rings. The van der Waals surface area contributed by atoms with Gasteiger partial charge in [0.1, 0.15) is 5.75 Å². The smallest absolute Gasteiger partial charge is 0.266 e. The van der Waals surface area contributed by atoms with Crippen LogP contribution >= 0.6 is 11.8 Å². The zero-order valence-corrected chi connectivity index (χ0v) is 17.7. The molecule has 7 heteroatoms.